The second-order valence-corrected chi connectivity index (χ2v) is 21.4. The third kappa shape index (κ3) is 11.1. The van der Waals surface area contributed by atoms with Crippen LogP contribution in [-0.4, -0.2) is 41.4 Å². The normalized spacial score (nSPS) is 11.1. The molecule has 0 spiro atoms. The molecule has 0 bridgehead atoms. The van der Waals surface area contributed by atoms with E-state index in [4.69, 9.17) is 0 Å². The van der Waals surface area contributed by atoms with Crippen LogP contribution in [0.3, 0.4) is 0 Å². The van der Waals surface area contributed by atoms with Crippen molar-refractivity contribution in [2.45, 2.75) is 6.42 Å². The number of benzene rings is 9. The van der Waals surface area contributed by atoms with Crippen molar-refractivity contribution in [3.63, 3.8) is 0 Å². The maximum absolute atomic E-state index is 14.2. The number of carbonyl (C=O) groups excluding carboxylic acids is 3. The topological polar surface area (TPSA) is 99.7 Å². The van der Waals surface area contributed by atoms with Crippen LogP contribution in [0.5, 0.6) is 0 Å². The Morgan fingerprint density at radius 1 is 0.337 bits per heavy atom. The van der Waals surface area contributed by atoms with Crippen LogP contribution in [0.15, 0.2) is 295 Å². The predicted octanol–water partition coefficient (Wildman–Crippen LogP) is 17.9. The molecular formula is C73H49Br2N5O3. The summed E-state index contributed by atoms with van der Waals surface area (Å²) in [6.45, 7) is 0. The average Bonchev–Trinajstić information content (AvgIpc) is 3.46. The summed E-state index contributed by atoms with van der Waals surface area (Å²) in [4.78, 5) is 50.1. The molecule has 0 amide bonds. The zero-order valence-corrected chi connectivity index (χ0v) is 47.7. The van der Waals surface area contributed by atoms with Crippen molar-refractivity contribution >= 4 is 92.8 Å². The van der Waals surface area contributed by atoms with Gasteiger partial charge in [-0.05, 0) is 126 Å². The molecule has 10 heteroatoms. The fourth-order valence-electron chi connectivity index (χ4n) is 10.8. The van der Waals surface area contributed by atoms with Crippen molar-refractivity contribution in [1.82, 2.24) is 24.1 Å². The molecule has 14 aromatic rings. The van der Waals surface area contributed by atoms with E-state index < -0.39 is 0 Å². The van der Waals surface area contributed by atoms with Crippen molar-refractivity contribution in [1.29, 1.82) is 0 Å². The van der Waals surface area contributed by atoms with E-state index in [-0.39, 0.29) is 17.3 Å². The van der Waals surface area contributed by atoms with Crippen molar-refractivity contribution in [2.24, 2.45) is 0 Å². The minimum absolute atomic E-state index is 0.0180. The zero-order valence-electron chi connectivity index (χ0n) is 44.6. The average molecular weight is 1200 g/mol. The summed E-state index contributed by atoms with van der Waals surface area (Å²) in [6, 6.07) is 82.3. The number of fused-ring (bicyclic) bond motifs is 9. The van der Waals surface area contributed by atoms with E-state index in [0.29, 0.717) is 33.4 Å². The van der Waals surface area contributed by atoms with Crippen LogP contribution in [0, 0.1) is 0 Å². The van der Waals surface area contributed by atoms with E-state index in [1.165, 1.54) is 33.0 Å². The molecule has 1 aliphatic carbocycles. The van der Waals surface area contributed by atoms with Gasteiger partial charge in [-0.1, -0.05) is 184 Å². The molecule has 8 nitrogen and oxygen atoms in total. The summed E-state index contributed by atoms with van der Waals surface area (Å²) in [5, 5.41) is 4.69. The summed E-state index contributed by atoms with van der Waals surface area (Å²) >= 11 is 6.72. The number of nitrogens with zero attached hydrogens (tertiary/aromatic N) is 5. The smallest absolute Gasteiger partial charge is 0.195 e. The lowest BCUT2D eigenvalue weighted by atomic mass is 10.0. The highest BCUT2D eigenvalue weighted by molar-refractivity contribution is 9.11. The van der Waals surface area contributed by atoms with Crippen molar-refractivity contribution < 1.29 is 14.4 Å². The van der Waals surface area contributed by atoms with Crippen LogP contribution >= 0.6 is 31.9 Å². The van der Waals surface area contributed by atoms with Crippen LogP contribution < -0.4 is 0 Å². The van der Waals surface area contributed by atoms with Crippen LogP contribution in [0.4, 0.5) is 0 Å². The van der Waals surface area contributed by atoms with E-state index in [1.807, 2.05) is 48.5 Å². The van der Waals surface area contributed by atoms with E-state index in [2.05, 4.69) is 214 Å². The summed E-state index contributed by atoms with van der Waals surface area (Å²) in [5.41, 5.74) is 15.8. The molecule has 9 aromatic carbocycles. The van der Waals surface area contributed by atoms with Gasteiger partial charge in [-0.15, -0.1) is 0 Å². The summed E-state index contributed by atoms with van der Waals surface area (Å²) in [7, 11) is 0. The molecular weight excluding hydrogens is 1150 g/mol. The molecule has 0 aliphatic heterocycles. The van der Waals surface area contributed by atoms with Gasteiger partial charge in [-0.3, -0.25) is 29.3 Å². The molecule has 0 atom stereocenters. The largest absolute Gasteiger partial charge is 0.309 e. The van der Waals surface area contributed by atoms with Gasteiger partial charge in [-0.2, -0.15) is 0 Å². The minimum Gasteiger partial charge on any atom is -0.309 e. The first kappa shape index (κ1) is 53.6. The molecule has 0 saturated heterocycles. The maximum Gasteiger partial charge on any atom is 0.195 e. The monoisotopic (exact) mass is 1200 g/mol. The van der Waals surface area contributed by atoms with Gasteiger partial charge in [0.1, 0.15) is 0 Å². The molecule has 0 saturated carbocycles. The Kier molecular flexibility index (Phi) is 15.8. The van der Waals surface area contributed by atoms with Gasteiger partial charge in [-0.25, -0.2) is 0 Å². The summed E-state index contributed by atoms with van der Waals surface area (Å²) in [5.74, 6) is -0.0227. The first-order valence-corrected chi connectivity index (χ1v) is 28.5. The van der Waals surface area contributed by atoms with Crippen molar-refractivity contribution in [2.75, 3.05) is 0 Å². The van der Waals surface area contributed by atoms with Crippen LogP contribution in [0.2, 0.25) is 0 Å². The Morgan fingerprint density at radius 2 is 0.723 bits per heavy atom. The lowest BCUT2D eigenvalue weighted by Gasteiger charge is -2.16. The van der Waals surface area contributed by atoms with Crippen molar-refractivity contribution in [3.8, 4) is 22.5 Å². The van der Waals surface area contributed by atoms with Gasteiger partial charge in [0.15, 0.2) is 17.3 Å². The number of halogens is 2. The zero-order chi connectivity index (χ0) is 56.7. The van der Waals surface area contributed by atoms with E-state index in [9.17, 15) is 14.4 Å². The highest BCUT2D eigenvalue weighted by Crippen LogP contribution is 2.38. The number of carbonyl (C=O) groups is 3. The minimum atomic E-state index is -0.0399. The number of aromatic nitrogens is 5. The van der Waals surface area contributed by atoms with Gasteiger partial charge in [0.25, 0.3) is 0 Å². The predicted molar refractivity (Wildman–Crippen MR) is 341 cm³/mol. The Hall–Kier alpha value is -10.0. The van der Waals surface area contributed by atoms with E-state index in [1.54, 1.807) is 79.6 Å². The lowest BCUT2D eigenvalue weighted by Crippen LogP contribution is -2.09. The second kappa shape index (κ2) is 24.4. The quantitative estimate of drug-likeness (QED) is 0.141. The van der Waals surface area contributed by atoms with Gasteiger partial charge in [0.2, 0.25) is 0 Å². The Labute approximate surface area is 496 Å². The molecule has 0 fully saturated rings. The molecule has 83 heavy (non-hydrogen) atoms. The van der Waals surface area contributed by atoms with Crippen LogP contribution in [-0.2, 0) is 6.42 Å². The molecule has 0 radical (unpaired) electrons. The fourth-order valence-corrected chi connectivity index (χ4v) is 11.5. The molecule has 398 valence electrons. The fraction of sp³-hybridized carbons (Fsp3) is 0.0137. The maximum atomic E-state index is 14.2. The number of ketones is 3. The molecule has 5 heterocycles. The van der Waals surface area contributed by atoms with Crippen LogP contribution in [0.25, 0.3) is 66.1 Å². The number of hydrogen-bond donors (Lipinski definition) is 0. The third-order valence-electron chi connectivity index (χ3n) is 14.6. The molecule has 15 rings (SSSR count). The lowest BCUT2D eigenvalue weighted by molar-refractivity contribution is 0.103. The molecule has 1 aliphatic rings. The van der Waals surface area contributed by atoms with Gasteiger partial charge >= 0.3 is 0 Å². The third-order valence-corrected chi connectivity index (χ3v) is 15.8. The number of rotatable bonds is 8. The van der Waals surface area contributed by atoms with Crippen molar-refractivity contribution in [3.05, 3.63) is 339 Å². The number of para-hydroxylation sites is 4. The summed E-state index contributed by atoms with van der Waals surface area (Å²) < 4.78 is 6.14. The second-order valence-electron chi connectivity index (χ2n) is 19.6. The van der Waals surface area contributed by atoms with Gasteiger partial charge in [0.05, 0.1) is 27.8 Å². The highest BCUT2D eigenvalue weighted by Gasteiger charge is 2.22. The number of hydrogen-bond acceptors (Lipinski definition) is 6. The Balaban J connectivity index is 0.000000129. The van der Waals surface area contributed by atoms with E-state index in [0.717, 1.165) is 59.6 Å². The number of pyridine rings is 3. The Morgan fingerprint density at radius 3 is 1.20 bits per heavy atom. The Bertz CT molecular complexity index is 4490. The first-order chi connectivity index (χ1) is 40.8. The molecule has 5 aromatic heterocycles. The standard InChI is InChI=1S/C36H23N3O.C13H10.C12H7Br2NO.C12H9NO/c40-36(24-19-21-37-22-20-24)30-23-25(38-31-13-5-1-9-26(31)27-10-2-6-14-32(27)38)17-18-35(30)39-33-15-7-3-11-28(33)29-12-4-8-16-34(29)39;1-3-7-12-10(5-1)9-11-6-2-4-8-13(11)12;13-9-1-2-11(14)10(7-9)12(16)8-3-5-15-6-4-8;14-12(10-4-2-1-3-5-10)11-6-8-13-9-7-11/h1-23H;1-8H,9H2;1-7H;1-9H. The van der Waals surface area contributed by atoms with Gasteiger partial charge < -0.3 is 9.13 Å². The first-order valence-electron chi connectivity index (χ1n) is 26.9. The van der Waals surface area contributed by atoms with E-state index >= 15 is 0 Å². The highest BCUT2D eigenvalue weighted by atomic mass is 79.9. The van der Waals surface area contributed by atoms with Crippen LogP contribution in [0.1, 0.15) is 58.9 Å². The SMILES string of the molecule is O=C(c1ccccc1)c1ccncc1.O=C(c1ccncc1)c1cc(-n2c3ccccc3c3ccccc32)ccc1-n1c2ccccc2c2ccccc21.O=C(c1ccncc1)c1cc(Br)ccc1Br.c1ccc2c(c1)Cc1ccccc1-2. The van der Waals surface area contributed by atoms with Gasteiger partial charge in [0, 0.05) is 107 Å². The molecule has 0 N–H and O–H groups in total. The molecule has 0 unspecified atom stereocenters. The summed E-state index contributed by atoms with van der Waals surface area (Å²) in [6.07, 6.45) is 10.9.